The van der Waals surface area contributed by atoms with E-state index in [4.69, 9.17) is 0 Å². The Morgan fingerprint density at radius 1 is 1.75 bits per heavy atom. The largest absolute Gasteiger partial charge is 0.293 e. The zero-order chi connectivity index (χ0) is 6.41. The molecule has 0 radical (unpaired) electrons. The van der Waals surface area contributed by atoms with Gasteiger partial charge in [0.25, 0.3) is 0 Å². The standard InChI is InChI=1S/C7H13N/c1-4-5-8-6-7(2)3/h6H,2,4-5H2,1,3H3. The van der Waals surface area contributed by atoms with Gasteiger partial charge in [0.05, 0.1) is 0 Å². The molecule has 1 heteroatoms. The van der Waals surface area contributed by atoms with E-state index in [0.29, 0.717) is 0 Å². The van der Waals surface area contributed by atoms with Crippen LogP contribution in [0.2, 0.25) is 0 Å². The maximum Gasteiger partial charge on any atom is 0.0386 e. The van der Waals surface area contributed by atoms with E-state index in [1.54, 1.807) is 0 Å². The Labute approximate surface area is 51.1 Å². The van der Waals surface area contributed by atoms with Gasteiger partial charge in [-0.3, -0.25) is 4.99 Å². The highest BCUT2D eigenvalue weighted by molar-refractivity contribution is 5.76. The smallest absolute Gasteiger partial charge is 0.0386 e. The molecule has 0 bridgehead atoms. The minimum Gasteiger partial charge on any atom is -0.293 e. The summed E-state index contributed by atoms with van der Waals surface area (Å²) in [5, 5.41) is 0. The number of hydrogen-bond donors (Lipinski definition) is 0. The second-order valence-corrected chi connectivity index (χ2v) is 1.88. The van der Waals surface area contributed by atoms with E-state index >= 15 is 0 Å². The van der Waals surface area contributed by atoms with Crippen LogP contribution in [0.15, 0.2) is 17.1 Å². The van der Waals surface area contributed by atoms with Gasteiger partial charge in [-0.2, -0.15) is 0 Å². The zero-order valence-corrected chi connectivity index (χ0v) is 5.65. The van der Waals surface area contributed by atoms with Gasteiger partial charge >= 0.3 is 0 Å². The van der Waals surface area contributed by atoms with Gasteiger partial charge in [-0.25, -0.2) is 0 Å². The van der Waals surface area contributed by atoms with E-state index in [1.165, 1.54) is 0 Å². The Morgan fingerprint density at radius 2 is 2.38 bits per heavy atom. The van der Waals surface area contributed by atoms with E-state index in [0.717, 1.165) is 18.5 Å². The Hall–Kier alpha value is -0.590. The molecule has 8 heavy (non-hydrogen) atoms. The maximum absolute atomic E-state index is 4.06. The van der Waals surface area contributed by atoms with E-state index in [2.05, 4.69) is 18.5 Å². The minimum atomic E-state index is 0.923. The van der Waals surface area contributed by atoms with E-state index in [1.807, 2.05) is 13.1 Å². The number of rotatable bonds is 3. The van der Waals surface area contributed by atoms with Crippen molar-refractivity contribution >= 4 is 6.21 Å². The number of nitrogens with zero attached hydrogens (tertiary/aromatic N) is 1. The fraction of sp³-hybridized carbons (Fsp3) is 0.571. The summed E-state index contributed by atoms with van der Waals surface area (Å²) >= 11 is 0. The fourth-order valence-electron chi connectivity index (χ4n) is 0.349. The molecule has 0 spiro atoms. The number of hydrogen-bond acceptors (Lipinski definition) is 1. The van der Waals surface area contributed by atoms with Gasteiger partial charge in [0, 0.05) is 12.8 Å². The first kappa shape index (κ1) is 7.41. The van der Waals surface area contributed by atoms with Crippen LogP contribution in [0.1, 0.15) is 20.3 Å². The molecular formula is C7H13N. The molecule has 0 aliphatic carbocycles. The quantitative estimate of drug-likeness (QED) is 0.494. The third-order valence-corrected chi connectivity index (χ3v) is 0.664. The molecule has 0 heterocycles. The highest BCUT2D eigenvalue weighted by atomic mass is 14.7. The van der Waals surface area contributed by atoms with Crippen molar-refractivity contribution < 1.29 is 0 Å². The molecule has 0 atom stereocenters. The first-order valence-electron chi connectivity index (χ1n) is 2.92. The summed E-state index contributed by atoms with van der Waals surface area (Å²) in [6.07, 6.45) is 2.92. The van der Waals surface area contributed by atoms with Crippen LogP contribution < -0.4 is 0 Å². The lowest BCUT2D eigenvalue weighted by molar-refractivity contribution is 0.936. The van der Waals surface area contributed by atoms with Gasteiger partial charge < -0.3 is 0 Å². The van der Waals surface area contributed by atoms with Crippen LogP contribution in [0.5, 0.6) is 0 Å². The Bertz CT molecular complexity index is 92.6. The van der Waals surface area contributed by atoms with Crippen molar-refractivity contribution in [2.24, 2.45) is 4.99 Å². The molecule has 0 fully saturated rings. The molecule has 0 aromatic carbocycles. The molecule has 0 rings (SSSR count). The van der Waals surface area contributed by atoms with Crippen molar-refractivity contribution in [3.05, 3.63) is 12.2 Å². The predicted octanol–water partition coefficient (Wildman–Crippen LogP) is 2.04. The van der Waals surface area contributed by atoms with Crippen molar-refractivity contribution in [1.29, 1.82) is 0 Å². The normalized spacial score (nSPS) is 10.2. The van der Waals surface area contributed by atoms with Gasteiger partial charge in [-0.05, 0) is 18.9 Å². The molecule has 0 aromatic rings. The first-order chi connectivity index (χ1) is 3.77. The van der Waals surface area contributed by atoms with Gasteiger partial charge in [0.1, 0.15) is 0 Å². The molecule has 0 saturated carbocycles. The molecule has 0 aromatic heterocycles. The van der Waals surface area contributed by atoms with Crippen LogP contribution in [0.4, 0.5) is 0 Å². The minimum absolute atomic E-state index is 0.923. The van der Waals surface area contributed by atoms with Crippen molar-refractivity contribution in [3.63, 3.8) is 0 Å². The zero-order valence-electron chi connectivity index (χ0n) is 5.65. The average Bonchev–Trinajstić information content (AvgIpc) is 1.66. The lowest BCUT2D eigenvalue weighted by atomic mass is 10.4. The molecule has 0 N–H and O–H groups in total. The van der Waals surface area contributed by atoms with Gasteiger partial charge in [-0.1, -0.05) is 13.5 Å². The van der Waals surface area contributed by atoms with E-state index < -0.39 is 0 Å². The summed E-state index contributed by atoms with van der Waals surface area (Å²) < 4.78 is 0. The van der Waals surface area contributed by atoms with E-state index in [-0.39, 0.29) is 0 Å². The Balaban J connectivity index is 3.20. The molecule has 0 amide bonds. The topological polar surface area (TPSA) is 12.4 Å². The van der Waals surface area contributed by atoms with Crippen molar-refractivity contribution in [1.82, 2.24) is 0 Å². The van der Waals surface area contributed by atoms with Crippen molar-refractivity contribution in [2.75, 3.05) is 6.54 Å². The molecule has 0 saturated heterocycles. The lowest BCUT2D eigenvalue weighted by Crippen LogP contribution is -1.78. The van der Waals surface area contributed by atoms with Crippen LogP contribution in [-0.2, 0) is 0 Å². The summed E-state index contributed by atoms with van der Waals surface area (Å²) in [4.78, 5) is 4.06. The fourth-order valence-corrected chi connectivity index (χ4v) is 0.349. The molecule has 1 nitrogen and oxygen atoms in total. The van der Waals surface area contributed by atoms with Crippen LogP contribution in [-0.4, -0.2) is 12.8 Å². The molecule has 0 unspecified atom stereocenters. The van der Waals surface area contributed by atoms with Crippen molar-refractivity contribution in [3.8, 4) is 0 Å². The summed E-state index contributed by atoms with van der Waals surface area (Å²) in [6, 6.07) is 0. The third-order valence-electron chi connectivity index (χ3n) is 0.664. The highest BCUT2D eigenvalue weighted by Gasteiger charge is 1.72. The van der Waals surface area contributed by atoms with Crippen LogP contribution in [0, 0.1) is 0 Å². The molecule has 46 valence electrons. The lowest BCUT2D eigenvalue weighted by Gasteiger charge is -1.84. The summed E-state index contributed by atoms with van der Waals surface area (Å²) in [7, 11) is 0. The van der Waals surface area contributed by atoms with Crippen LogP contribution >= 0.6 is 0 Å². The highest BCUT2D eigenvalue weighted by Crippen LogP contribution is 1.81. The second kappa shape index (κ2) is 4.57. The van der Waals surface area contributed by atoms with Crippen LogP contribution in [0.25, 0.3) is 0 Å². The van der Waals surface area contributed by atoms with Gasteiger partial charge in [0.2, 0.25) is 0 Å². The number of allylic oxidation sites excluding steroid dienone is 1. The molecule has 0 aliphatic rings. The first-order valence-corrected chi connectivity index (χ1v) is 2.92. The van der Waals surface area contributed by atoms with E-state index in [9.17, 15) is 0 Å². The predicted molar refractivity (Wildman–Crippen MR) is 38.5 cm³/mol. The second-order valence-electron chi connectivity index (χ2n) is 1.88. The van der Waals surface area contributed by atoms with Crippen LogP contribution in [0.3, 0.4) is 0 Å². The summed E-state index contributed by atoms with van der Waals surface area (Å²) in [5.74, 6) is 0. The van der Waals surface area contributed by atoms with Gasteiger partial charge in [-0.15, -0.1) is 0 Å². The molecular weight excluding hydrogens is 98.1 g/mol. The Morgan fingerprint density at radius 3 is 2.75 bits per heavy atom. The average molecular weight is 111 g/mol. The third kappa shape index (κ3) is 5.41. The van der Waals surface area contributed by atoms with Crippen molar-refractivity contribution in [2.45, 2.75) is 20.3 Å². The monoisotopic (exact) mass is 111 g/mol. The Kier molecular flexibility index (Phi) is 4.23. The SMILES string of the molecule is C=C(C)C=NCCC. The summed E-state index contributed by atoms with van der Waals surface area (Å²) in [6.45, 7) is 8.65. The maximum atomic E-state index is 4.06. The molecule has 0 aliphatic heterocycles. The number of aliphatic imine (C=N–C) groups is 1. The van der Waals surface area contributed by atoms with Gasteiger partial charge in [0.15, 0.2) is 0 Å². The summed E-state index contributed by atoms with van der Waals surface area (Å²) in [5.41, 5.74) is 1.03.